The largest absolute Gasteiger partial charge is 0.340 e. The molecule has 0 aliphatic carbocycles. The molecular weight excluding hydrogens is 126 g/mol. The molecule has 0 aromatic rings. The van der Waals surface area contributed by atoms with Crippen LogP contribution in [-0.2, 0) is 0 Å². The SMILES string of the molecule is CC(C)(C)C(C)(C)N[SiH3]. The van der Waals surface area contributed by atoms with E-state index >= 15 is 0 Å². The van der Waals surface area contributed by atoms with Gasteiger partial charge in [-0.05, 0) is 19.3 Å². The number of nitrogens with one attached hydrogen (secondary N) is 1. The first-order chi connectivity index (χ1) is 3.81. The van der Waals surface area contributed by atoms with E-state index < -0.39 is 0 Å². The van der Waals surface area contributed by atoms with Gasteiger partial charge in [0.1, 0.15) is 0 Å². The maximum absolute atomic E-state index is 3.42. The van der Waals surface area contributed by atoms with E-state index in [0.29, 0.717) is 11.0 Å². The molecule has 1 N–H and O–H groups in total. The summed E-state index contributed by atoms with van der Waals surface area (Å²) in [6.45, 7) is 11.3. The maximum Gasteiger partial charge on any atom is 0.0755 e. The highest BCUT2D eigenvalue weighted by Gasteiger charge is 2.29. The Morgan fingerprint density at radius 3 is 1.33 bits per heavy atom. The number of rotatable bonds is 1. The Hall–Kier alpha value is 0.177. The van der Waals surface area contributed by atoms with Crippen LogP contribution in [0.3, 0.4) is 0 Å². The van der Waals surface area contributed by atoms with Crippen LogP contribution < -0.4 is 4.98 Å². The molecule has 0 amide bonds. The Bertz CT molecular complexity index is 91.6. The predicted octanol–water partition coefficient (Wildman–Crippen LogP) is 0.681. The van der Waals surface area contributed by atoms with Crippen LogP contribution in [0.25, 0.3) is 0 Å². The van der Waals surface area contributed by atoms with Gasteiger partial charge in [0.05, 0.1) is 10.4 Å². The Morgan fingerprint density at radius 1 is 1.00 bits per heavy atom. The van der Waals surface area contributed by atoms with Gasteiger partial charge in [0.15, 0.2) is 0 Å². The molecule has 0 heterocycles. The second-order valence-electron chi connectivity index (χ2n) is 4.12. The van der Waals surface area contributed by atoms with Gasteiger partial charge in [-0.2, -0.15) is 0 Å². The van der Waals surface area contributed by atoms with Crippen LogP contribution in [0.1, 0.15) is 34.6 Å². The van der Waals surface area contributed by atoms with Crippen molar-refractivity contribution < 1.29 is 0 Å². The molecule has 1 nitrogen and oxygen atoms in total. The lowest BCUT2D eigenvalue weighted by Gasteiger charge is -2.38. The summed E-state index contributed by atoms with van der Waals surface area (Å²) in [4.78, 5) is 3.42. The van der Waals surface area contributed by atoms with E-state index in [0.717, 1.165) is 10.4 Å². The Morgan fingerprint density at radius 2 is 1.33 bits per heavy atom. The predicted molar refractivity (Wildman–Crippen MR) is 46.6 cm³/mol. The molecule has 0 aromatic heterocycles. The highest BCUT2D eigenvalue weighted by Crippen LogP contribution is 2.28. The number of hydrogen-bond acceptors (Lipinski definition) is 1. The van der Waals surface area contributed by atoms with Crippen LogP contribution in [0.5, 0.6) is 0 Å². The minimum Gasteiger partial charge on any atom is -0.340 e. The van der Waals surface area contributed by atoms with Crippen LogP contribution in [0.15, 0.2) is 0 Å². The van der Waals surface area contributed by atoms with Crippen molar-refractivity contribution in [3.63, 3.8) is 0 Å². The molecule has 2 heteroatoms. The zero-order valence-corrected chi connectivity index (χ0v) is 9.50. The summed E-state index contributed by atoms with van der Waals surface area (Å²) in [5, 5.41) is 0. The lowest BCUT2D eigenvalue weighted by atomic mass is 9.77. The standard InChI is InChI=1S/C7H19NSi/c1-6(2,3)7(4,5)8-9/h8H,1-5,9H3. The molecule has 0 aromatic carbocycles. The van der Waals surface area contributed by atoms with E-state index in [1.807, 2.05) is 0 Å². The van der Waals surface area contributed by atoms with Gasteiger partial charge in [0.25, 0.3) is 0 Å². The van der Waals surface area contributed by atoms with Gasteiger partial charge in [0, 0.05) is 5.54 Å². The maximum atomic E-state index is 3.42. The van der Waals surface area contributed by atoms with Gasteiger partial charge < -0.3 is 4.98 Å². The minimum absolute atomic E-state index is 0.291. The molecule has 9 heavy (non-hydrogen) atoms. The normalized spacial score (nSPS) is 14.3. The van der Waals surface area contributed by atoms with Crippen molar-refractivity contribution >= 4 is 10.4 Å². The monoisotopic (exact) mass is 145 g/mol. The zero-order chi connectivity index (χ0) is 7.71. The van der Waals surface area contributed by atoms with Crippen LogP contribution in [0, 0.1) is 5.41 Å². The fourth-order valence-corrected chi connectivity index (χ4v) is 1.12. The zero-order valence-electron chi connectivity index (χ0n) is 7.50. The van der Waals surface area contributed by atoms with Crippen molar-refractivity contribution in [2.24, 2.45) is 5.41 Å². The molecule has 0 spiro atoms. The lowest BCUT2D eigenvalue weighted by Crippen LogP contribution is -2.48. The molecule has 0 aliphatic heterocycles. The van der Waals surface area contributed by atoms with Crippen LogP contribution in [0.4, 0.5) is 0 Å². The Balaban J connectivity index is 4.14. The molecule has 0 fully saturated rings. The third-order valence-electron chi connectivity index (χ3n) is 2.50. The summed E-state index contributed by atoms with van der Waals surface area (Å²) in [5.74, 6) is 0. The average Bonchev–Trinajstić information content (AvgIpc) is 1.64. The number of hydrogen-bond donors (Lipinski definition) is 1. The molecule has 0 unspecified atom stereocenters. The van der Waals surface area contributed by atoms with Crippen LogP contribution >= 0.6 is 0 Å². The van der Waals surface area contributed by atoms with Crippen LogP contribution in [0.2, 0.25) is 0 Å². The first-order valence-corrected chi connectivity index (χ1v) is 4.50. The molecule has 0 saturated carbocycles. The third-order valence-corrected chi connectivity index (χ3v) is 3.75. The fourth-order valence-electron chi connectivity index (χ4n) is 0.375. The Kier molecular flexibility index (Phi) is 2.47. The highest BCUT2D eigenvalue weighted by atomic mass is 28.2. The fraction of sp³-hybridized carbons (Fsp3) is 1.00. The molecular formula is C7H19NSi. The smallest absolute Gasteiger partial charge is 0.0755 e. The van der Waals surface area contributed by atoms with Crippen LogP contribution in [-0.4, -0.2) is 15.9 Å². The second-order valence-corrected chi connectivity index (χ2v) is 4.62. The van der Waals surface area contributed by atoms with E-state index in [1.54, 1.807) is 0 Å². The van der Waals surface area contributed by atoms with E-state index in [2.05, 4.69) is 39.6 Å². The van der Waals surface area contributed by atoms with Gasteiger partial charge in [-0.15, -0.1) is 0 Å². The molecule has 56 valence electrons. The summed E-state index contributed by atoms with van der Waals surface area (Å²) >= 11 is 0. The minimum atomic E-state index is 0.291. The van der Waals surface area contributed by atoms with Crippen molar-refractivity contribution in [2.75, 3.05) is 0 Å². The second kappa shape index (κ2) is 2.43. The average molecular weight is 145 g/mol. The highest BCUT2D eigenvalue weighted by molar-refractivity contribution is 6.04. The summed E-state index contributed by atoms with van der Waals surface area (Å²) in [7, 11) is 1.08. The molecule has 0 saturated heterocycles. The van der Waals surface area contributed by atoms with Gasteiger partial charge in [-0.1, -0.05) is 20.8 Å². The molecule has 0 bridgehead atoms. The third kappa shape index (κ3) is 2.10. The van der Waals surface area contributed by atoms with Gasteiger partial charge in [0.2, 0.25) is 0 Å². The van der Waals surface area contributed by atoms with Crippen molar-refractivity contribution in [1.82, 2.24) is 4.98 Å². The summed E-state index contributed by atoms with van der Waals surface area (Å²) in [6.07, 6.45) is 0. The van der Waals surface area contributed by atoms with Gasteiger partial charge in [-0.25, -0.2) is 0 Å². The van der Waals surface area contributed by atoms with Crippen molar-refractivity contribution in [3.8, 4) is 0 Å². The first kappa shape index (κ1) is 9.18. The van der Waals surface area contributed by atoms with E-state index in [-0.39, 0.29) is 0 Å². The van der Waals surface area contributed by atoms with E-state index in [4.69, 9.17) is 0 Å². The molecule has 0 rings (SSSR count). The van der Waals surface area contributed by atoms with Crippen molar-refractivity contribution in [2.45, 2.75) is 40.2 Å². The first-order valence-electron chi connectivity index (χ1n) is 3.50. The summed E-state index contributed by atoms with van der Waals surface area (Å²) in [6, 6.07) is 0. The Labute approximate surface area is 61.7 Å². The van der Waals surface area contributed by atoms with Crippen molar-refractivity contribution in [3.05, 3.63) is 0 Å². The van der Waals surface area contributed by atoms with E-state index in [1.165, 1.54) is 0 Å². The molecule has 0 aliphatic rings. The molecule has 0 radical (unpaired) electrons. The topological polar surface area (TPSA) is 12.0 Å². The molecule has 0 atom stereocenters. The van der Waals surface area contributed by atoms with Crippen molar-refractivity contribution in [1.29, 1.82) is 0 Å². The summed E-state index contributed by atoms with van der Waals surface area (Å²) in [5.41, 5.74) is 0.661. The van der Waals surface area contributed by atoms with Gasteiger partial charge >= 0.3 is 0 Å². The van der Waals surface area contributed by atoms with Gasteiger partial charge in [-0.3, -0.25) is 0 Å². The quantitative estimate of drug-likeness (QED) is 0.535. The van der Waals surface area contributed by atoms with E-state index in [9.17, 15) is 0 Å². The summed E-state index contributed by atoms with van der Waals surface area (Å²) < 4.78 is 0. The lowest BCUT2D eigenvalue weighted by molar-refractivity contribution is 0.210.